The summed E-state index contributed by atoms with van der Waals surface area (Å²) in [7, 11) is -9.59. The van der Waals surface area contributed by atoms with E-state index in [-0.39, 0.29) is 17.6 Å². The van der Waals surface area contributed by atoms with Crippen LogP contribution in [0.1, 0.15) is 51.7 Å². The second-order valence-corrected chi connectivity index (χ2v) is 9.54. The Morgan fingerprint density at radius 1 is 1.00 bits per heavy atom. The fourth-order valence-corrected chi connectivity index (χ4v) is 3.37. The number of ether oxygens (including phenoxy) is 1. The van der Waals surface area contributed by atoms with E-state index in [2.05, 4.69) is 20.8 Å². The van der Waals surface area contributed by atoms with Crippen LogP contribution >= 0.6 is 10.2 Å². The molecular formula is C15H21F5OS. The average molecular weight is 344 g/mol. The van der Waals surface area contributed by atoms with Gasteiger partial charge in [0.1, 0.15) is 4.90 Å². The molecule has 0 bridgehead atoms. The Morgan fingerprint density at radius 3 is 2.00 bits per heavy atom. The van der Waals surface area contributed by atoms with Crippen LogP contribution in [0.15, 0.2) is 29.2 Å². The van der Waals surface area contributed by atoms with E-state index in [4.69, 9.17) is 4.74 Å². The van der Waals surface area contributed by atoms with Gasteiger partial charge in [0.15, 0.2) is 0 Å². The highest BCUT2D eigenvalue weighted by atomic mass is 32.5. The second-order valence-electron chi connectivity index (χ2n) is 7.13. The van der Waals surface area contributed by atoms with Crippen molar-refractivity contribution in [1.82, 2.24) is 0 Å². The molecule has 2 atom stereocenters. The van der Waals surface area contributed by atoms with E-state index < -0.39 is 15.1 Å². The van der Waals surface area contributed by atoms with E-state index >= 15 is 0 Å². The maximum atomic E-state index is 12.7. The Labute approximate surface area is 127 Å². The summed E-state index contributed by atoms with van der Waals surface area (Å²) in [5.74, 6) is 0. The fraction of sp³-hybridized carbons (Fsp3) is 0.600. The zero-order valence-electron chi connectivity index (χ0n) is 12.8. The zero-order chi connectivity index (χ0) is 16.9. The Balaban J connectivity index is 2.10. The number of benzene rings is 1. The minimum Gasteiger partial charge on any atom is -0.370 e. The van der Waals surface area contributed by atoms with Crippen LogP contribution in [0.2, 0.25) is 0 Å². The molecule has 2 rings (SSSR count). The lowest BCUT2D eigenvalue weighted by molar-refractivity contribution is 0.0219. The molecule has 0 aromatic heterocycles. The van der Waals surface area contributed by atoms with Gasteiger partial charge in [-0.15, -0.1) is 0 Å². The van der Waals surface area contributed by atoms with E-state index in [1.807, 2.05) is 0 Å². The lowest BCUT2D eigenvalue weighted by Crippen LogP contribution is -2.17. The smallest absolute Gasteiger partial charge is 0.310 e. The first-order chi connectivity index (χ1) is 9.64. The summed E-state index contributed by atoms with van der Waals surface area (Å²) in [6.07, 6.45) is 2.11. The van der Waals surface area contributed by atoms with Crippen LogP contribution in [0, 0.1) is 5.41 Å². The Bertz CT molecular complexity index is 544. The first-order valence-electron chi connectivity index (χ1n) is 7.14. The van der Waals surface area contributed by atoms with Gasteiger partial charge in [-0.05, 0) is 42.4 Å². The Kier molecular flexibility index (Phi) is 3.66. The van der Waals surface area contributed by atoms with Gasteiger partial charge in [0.25, 0.3) is 0 Å². The Morgan fingerprint density at radius 2 is 1.55 bits per heavy atom. The lowest BCUT2D eigenvalue weighted by atomic mass is 9.88. The van der Waals surface area contributed by atoms with E-state index in [0.717, 1.165) is 25.0 Å². The molecule has 0 spiro atoms. The van der Waals surface area contributed by atoms with Crippen LogP contribution in [0.25, 0.3) is 0 Å². The topological polar surface area (TPSA) is 9.23 Å². The van der Waals surface area contributed by atoms with Gasteiger partial charge >= 0.3 is 10.2 Å². The predicted octanol–water partition coefficient (Wildman–Crippen LogP) is 7.00. The molecule has 1 aliphatic heterocycles. The molecule has 0 saturated carbocycles. The highest BCUT2D eigenvalue weighted by molar-refractivity contribution is 8.45. The van der Waals surface area contributed by atoms with Crippen LogP contribution in [-0.4, -0.2) is 6.10 Å². The van der Waals surface area contributed by atoms with Crippen molar-refractivity contribution < 1.29 is 24.2 Å². The van der Waals surface area contributed by atoms with Gasteiger partial charge in [-0.25, -0.2) is 0 Å². The van der Waals surface area contributed by atoms with Crippen molar-refractivity contribution in [1.29, 1.82) is 0 Å². The molecule has 1 saturated heterocycles. The van der Waals surface area contributed by atoms with Gasteiger partial charge in [0.2, 0.25) is 0 Å². The molecular weight excluding hydrogens is 323 g/mol. The van der Waals surface area contributed by atoms with Gasteiger partial charge in [-0.2, -0.15) is 0 Å². The second kappa shape index (κ2) is 4.60. The first-order valence-corrected chi connectivity index (χ1v) is 9.09. The van der Waals surface area contributed by atoms with Crippen LogP contribution in [0.3, 0.4) is 0 Å². The third-order valence-corrected chi connectivity index (χ3v) is 4.81. The van der Waals surface area contributed by atoms with Crippen molar-refractivity contribution in [3.8, 4) is 0 Å². The molecule has 0 unspecified atom stereocenters. The fourth-order valence-electron chi connectivity index (χ4n) is 2.72. The number of hydrogen-bond acceptors (Lipinski definition) is 1. The van der Waals surface area contributed by atoms with Crippen molar-refractivity contribution in [2.45, 2.75) is 57.1 Å². The highest BCUT2D eigenvalue weighted by Gasteiger charge is 2.65. The van der Waals surface area contributed by atoms with E-state index in [0.29, 0.717) is 24.1 Å². The summed E-state index contributed by atoms with van der Waals surface area (Å²) < 4.78 is 69.2. The predicted molar refractivity (Wildman–Crippen MR) is 78.8 cm³/mol. The van der Waals surface area contributed by atoms with E-state index in [1.165, 1.54) is 0 Å². The minimum atomic E-state index is -9.59. The number of rotatable bonds is 3. The third-order valence-electron chi connectivity index (χ3n) is 3.64. The summed E-state index contributed by atoms with van der Waals surface area (Å²) in [5.41, 5.74) is 0.619. The summed E-state index contributed by atoms with van der Waals surface area (Å²) in [6.45, 7) is 6.27. The van der Waals surface area contributed by atoms with Gasteiger partial charge in [0, 0.05) is 0 Å². The summed E-state index contributed by atoms with van der Waals surface area (Å²) in [6, 6.07) is 3.10. The first kappa shape index (κ1) is 17.5. The summed E-state index contributed by atoms with van der Waals surface area (Å²) in [5, 5.41) is 0. The van der Waals surface area contributed by atoms with Gasteiger partial charge in [-0.3, -0.25) is 0 Å². The molecule has 0 aliphatic carbocycles. The molecule has 0 amide bonds. The third kappa shape index (κ3) is 4.59. The molecule has 0 radical (unpaired) electrons. The van der Waals surface area contributed by atoms with E-state index in [1.54, 1.807) is 0 Å². The van der Waals surface area contributed by atoms with Crippen LogP contribution in [0.4, 0.5) is 19.4 Å². The van der Waals surface area contributed by atoms with Crippen LogP contribution < -0.4 is 0 Å². The quantitative estimate of drug-likeness (QED) is 0.536. The molecule has 1 aliphatic rings. The lowest BCUT2D eigenvalue weighted by Gasteiger charge is -2.40. The molecule has 1 nitrogen and oxygen atoms in total. The maximum Gasteiger partial charge on any atom is 0.310 e. The monoisotopic (exact) mass is 344 g/mol. The van der Waals surface area contributed by atoms with Crippen molar-refractivity contribution >= 4 is 10.2 Å². The molecule has 7 heteroatoms. The highest BCUT2D eigenvalue weighted by Crippen LogP contribution is 3.02. The molecule has 0 N–H and O–H groups in total. The van der Waals surface area contributed by atoms with Gasteiger partial charge in [0.05, 0.1) is 12.2 Å². The summed E-state index contributed by atoms with van der Waals surface area (Å²) >= 11 is 0. The normalized spacial score (nSPS) is 26.5. The molecule has 128 valence electrons. The Hall–Kier alpha value is -0.820. The van der Waals surface area contributed by atoms with E-state index in [9.17, 15) is 19.4 Å². The largest absolute Gasteiger partial charge is 0.370 e. The molecule has 22 heavy (non-hydrogen) atoms. The zero-order valence-corrected chi connectivity index (χ0v) is 13.6. The molecule has 1 heterocycles. The summed E-state index contributed by atoms with van der Waals surface area (Å²) in [4.78, 5) is -1.85. The number of hydrogen-bond donors (Lipinski definition) is 0. The van der Waals surface area contributed by atoms with Crippen molar-refractivity contribution in [3.05, 3.63) is 29.8 Å². The minimum absolute atomic E-state index is 0.0558. The molecule has 1 fully saturated rings. The molecule has 1 aromatic carbocycles. The standard InChI is InChI=1S/C15H21F5OS/c1-15(2,3)10-12-6-9-14(21-12)11-4-7-13(8-5-11)22(16,17,18,19)20/h4-5,7-8,12,14H,6,9-10H2,1-3H3/t12-,14+/m0/s1. The van der Waals surface area contributed by atoms with Crippen molar-refractivity contribution in [2.24, 2.45) is 5.41 Å². The van der Waals surface area contributed by atoms with Crippen molar-refractivity contribution in [2.75, 3.05) is 0 Å². The van der Waals surface area contributed by atoms with Crippen molar-refractivity contribution in [3.63, 3.8) is 0 Å². The molecule has 1 aromatic rings. The van der Waals surface area contributed by atoms with Gasteiger partial charge < -0.3 is 4.74 Å². The van der Waals surface area contributed by atoms with Crippen LogP contribution in [-0.2, 0) is 4.74 Å². The van der Waals surface area contributed by atoms with Gasteiger partial charge in [-0.1, -0.05) is 52.3 Å². The van der Waals surface area contributed by atoms with Crippen LogP contribution in [0.5, 0.6) is 0 Å². The number of halogens is 5. The maximum absolute atomic E-state index is 12.7. The SMILES string of the molecule is CC(C)(C)C[C@@H]1CC[C@H](c2ccc(S(F)(F)(F)(F)F)cc2)O1. The average Bonchev–Trinajstić information content (AvgIpc) is 2.72.